The summed E-state index contributed by atoms with van der Waals surface area (Å²) in [5.74, 6) is 0. The lowest BCUT2D eigenvalue weighted by molar-refractivity contribution is 0.00893. The molecule has 0 amide bonds. The van der Waals surface area contributed by atoms with E-state index in [1.54, 1.807) is 7.11 Å². The van der Waals surface area contributed by atoms with Crippen LogP contribution in [0.15, 0.2) is 0 Å². The molecule has 0 radical (unpaired) electrons. The number of nitrogens with two attached hydrogens (primary N) is 1. The van der Waals surface area contributed by atoms with E-state index in [0.717, 1.165) is 32.5 Å². The van der Waals surface area contributed by atoms with Gasteiger partial charge >= 0.3 is 0 Å². The highest BCUT2D eigenvalue weighted by Gasteiger charge is 2.22. The molecule has 1 aliphatic heterocycles. The zero-order valence-corrected chi connectivity index (χ0v) is 9.05. The number of ether oxygens (including phenoxy) is 1. The molecule has 78 valence electrons. The van der Waals surface area contributed by atoms with E-state index in [-0.39, 0.29) is 5.60 Å². The van der Waals surface area contributed by atoms with Crippen LogP contribution < -0.4 is 5.73 Å². The fourth-order valence-corrected chi connectivity index (χ4v) is 1.60. The Kier molecular flexibility index (Phi) is 3.71. The summed E-state index contributed by atoms with van der Waals surface area (Å²) in [6.45, 7) is 7.57. The Morgan fingerprint density at radius 3 is 2.69 bits per heavy atom. The van der Waals surface area contributed by atoms with Crippen molar-refractivity contribution in [3.05, 3.63) is 0 Å². The largest absolute Gasteiger partial charge is 0.379 e. The SMILES string of the molecule is COC(C)(C)CCN1CC[C@H](N)C1. The summed E-state index contributed by atoms with van der Waals surface area (Å²) in [7, 11) is 1.77. The van der Waals surface area contributed by atoms with Crippen molar-refractivity contribution in [3.8, 4) is 0 Å². The van der Waals surface area contributed by atoms with Crippen molar-refractivity contribution in [3.63, 3.8) is 0 Å². The van der Waals surface area contributed by atoms with Crippen LogP contribution in [0, 0.1) is 0 Å². The van der Waals surface area contributed by atoms with Crippen molar-refractivity contribution >= 4 is 0 Å². The second-order valence-corrected chi connectivity index (χ2v) is 4.56. The highest BCUT2D eigenvalue weighted by molar-refractivity contribution is 4.79. The van der Waals surface area contributed by atoms with Crippen molar-refractivity contribution in [2.45, 2.75) is 38.3 Å². The predicted octanol–water partition coefficient (Wildman–Crippen LogP) is 0.835. The molecule has 0 saturated carbocycles. The molecule has 0 bridgehead atoms. The summed E-state index contributed by atoms with van der Waals surface area (Å²) < 4.78 is 5.37. The number of methoxy groups -OCH3 is 1. The van der Waals surface area contributed by atoms with Crippen LogP contribution >= 0.6 is 0 Å². The molecular weight excluding hydrogens is 164 g/mol. The van der Waals surface area contributed by atoms with Crippen LogP contribution in [-0.4, -0.2) is 43.3 Å². The van der Waals surface area contributed by atoms with Gasteiger partial charge in [-0.1, -0.05) is 0 Å². The minimum absolute atomic E-state index is 0.00663. The third-order valence-electron chi connectivity index (χ3n) is 2.89. The summed E-state index contributed by atoms with van der Waals surface area (Å²) in [6, 6.07) is 0.394. The quantitative estimate of drug-likeness (QED) is 0.707. The molecule has 3 heteroatoms. The summed E-state index contributed by atoms with van der Waals surface area (Å²) in [6.07, 6.45) is 2.23. The van der Waals surface area contributed by atoms with Crippen molar-refractivity contribution in [2.75, 3.05) is 26.7 Å². The van der Waals surface area contributed by atoms with Gasteiger partial charge in [-0.15, -0.1) is 0 Å². The molecule has 1 rings (SSSR count). The van der Waals surface area contributed by atoms with Gasteiger partial charge in [0.15, 0.2) is 0 Å². The molecule has 0 aromatic carbocycles. The van der Waals surface area contributed by atoms with E-state index in [1.807, 2.05) is 0 Å². The second kappa shape index (κ2) is 4.40. The van der Waals surface area contributed by atoms with Crippen LogP contribution in [0.2, 0.25) is 0 Å². The molecule has 1 aliphatic rings. The maximum Gasteiger partial charge on any atom is 0.0634 e. The normalized spacial score (nSPS) is 25.4. The van der Waals surface area contributed by atoms with E-state index in [4.69, 9.17) is 10.5 Å². The smallest absolute Gasteiger partial charge is 0.0634 e. The van der Waals surface area contributed by atoms with Gasteiger partial charge < -0.3 is 15.4 Å². The van der Waals surface area contributed by atoms with Crippen LogP contribution in [0.25, 0.3) is 0 Å². The summed E-state index contributed by atoms with van der Waals surface area (Å²) in [4.78, 5) is 2.42. The lowest BCUT2D eigenvalue weighted by atomic mass is 10.1. The summed E-state index contributed by atoms with van der Waals surface area (Å²) >= 11 is 0. The zero-order chi connectivity index (χ0) is 9.90. The van der Waals surface area contributed by atoms with Crippen LogP contribution in [0.3, 0.4) is 0 Å². The van der Waals surface area contributed by atoms with Crippen LogP contribution in [0.4, 0.5) is 0 Å². The van der Waals surface area contributed by atoms with E-state index < -0.39 is 0 Å². The van der Waals surface area contributed by atoms with E-state index in [1.165, 1.54) is 0 Å². The molecular formula is C10H22N2O. The van der Waals surface area contributed by atoms with Gasteiger partial charge in [-0.2, -0.15) is 0 Å². The Balaban J connectivity index is 2.19. The predicted molar refractivity (Wildman–Crippen MR) is 54.7 cm³/mol. The Labute approximate surface area is 81.2 Å². The van der Waals surface area contributed by atoms with Gasteiger partial charge in [0, 0.05) is 26.2 Å². The first-order valence-corrected chi connectivity index (χ1v) is 5.06. The minimum Gasteiger partial charge on any atom is -0.379 e. The third kappa shape index (κ3) is 3.63. The number of likely N-dealkylation sites (tertiary alicyclic amines) is 1. The minimum atomic E-state index is 0.00663. The summed E-state index contributed by atoms with van der Waals surface area (Å²) in [5.41, 5.74) is 5.83. The van der Waals surface area contributed by atoms with Crippen molar-refractivity contribution in [2.24, 2.45) is 5.73 Å². The molecule has 0 spiro atoms. The molecule has 1 atom stereocenters. The molecule has 13 heavy (non-hydrogen) atoms. The average Bonchev–Trinajstić information content (AvgIpc) is 2.48. The van der Waals surface area contributed by atoms with Gasteiger partial charge in [-0.25, -0.2) is 0 Å². The van der Waals surface area contributed by atoms with Gasteiger partial charge in [0.1, 0.15) is 0 Å². The molecule has 0 unspecified atom stereocenters. The number of hydrogen-bond donors (Lipinski definition) is 1. The van der Waals surface area contributed by atoms with Gasteiger partial charge in [-0.05, 0) is 33.2 Å². The summed E-state index contributed by atoms with van der Waals surface area (Å²) in [5, 5.41) is 0. The van der Waals surface area contributed by atoms with Gasteiger partial charge in [0.05, 0.1) is 5.60 Å². The van der Waals surface area contributed by atoms with Crippen molar-refractivity contribution < 1.29 is 4.74 Å². The lowest BCUT2D eigenvalue weighted by Gasteiger charge is -2.25. The molecule has 1 heterocycles. The van der Waals surface area contributed by atoms with E-state index in [2.05, 4.69) is 18.7 Å². The van der Waals surface area contributed by atoms with Crippen LogP contribution in [0.5, 0.6) is 0 Å². The van der Waals surface area contributed by atoms with Crippen molar-refractivity contribution in [1.29, 1.82) is 0 Å². The monoisotopic (exact) mass is 186 g/mol. The number of hydrogen-bond acceptors (Lipinski definition) is 3. The van der Waals surface area contributed by atoms with Gasteiger partial charge in [0.2, 0.25) is 0 Å². The zero-order valence-electron chi connectivity index (χ0n) is 9.05. The maximum absolute atomic E-state index is 5.82. The highest BCUT2D eigenvalue weighted by Crippen LogP contribution is 2.15. The Bertz CT molecular complexity index is 159. The standard InChI is InChI=1S/C10H22N2O/c1-10(2,13-3)5-7-12-6-4-9(11)8-12/h9H,4-8,11H2,1-3H3/t9-/m0/s1. The van der Waals surface area contributed by atoms with E-state index >= 15 is 0 Å². The molecule has 0 aromatic rings. The highest BCUT2D eigenvalue weighted by atomic mass is 16.5. The molecule has 1 fully saturated rings. The molecule has 2 N–H and O–H groups in total. The van der Waals surface area contributed by atoms with E-state index in [9.17, 15) is 0 Å². The topological polar surface area (TPSA) is 38.5 Å². The molecule has 3 nitrogen and oxygen atoms in total. The first-order valence-electron chi connectivity index (χ1n) is 5.06. The number of nitrogens with zero attached hydrogens (tertiary/aromatic N) is 1. The van der Waals surface area contributed by atoms with Gasteiger partial charge in [0.25, 0.3) is 0 Å². The Morgan fingerprint density at radius 2 is 2.23 bits per heavy atom. The van der Waals surface area contributed by atoms with E-state index in [0.29, 0.717) is 6.04 Å². The maximum atomic E-state index is 5.82. The molecule has 0 aliphatic carbocycles. The first kappa shape index (κ1) is 11.0. The molecule has 0 aromatic heterocycles. The first-order chi connectivity index (χ1) is 6.03. The third-order valence-corrected chi connectivity index (χ3v) is 2.89. The van der Waals surface area contributed by atoms with Gasteiger partial charge in [-0.3, -0.25) is 0 Å². The fraction of sp³-hybridized carbons (Fsp3) is 1.00. The Hall–Kier alpha value is -0.120. The van der Waals surface area contributed by atoms with Crippen LogP contribution in [0.1, 0.15) is 26.7 Å². The second-order valence-electron chi connectivity index (χ2n) is 4.56. The lowest BCUT2D eigenvalue weighted by Crippen LogP contribution is -2.32. The Morgan fingerprint density at radius 1 is 1.54 bits per heavy atom. The molecule has 1 saturated heterocycles. The van der Waals surface area contributed by atoms with Crippen molar-refractivity contribution in [1.82, 2.24) is 4.90 Å². The average molecular weight is 186 g/mol. The number of rotatable bonds is 4. The van der Waals surface area contributed by atoms with Crippen LogP contribution in [-0.2, 0) is 4.74 Å². The fourth-order valence-electron chi connectivity index (χ4n) is 1.60.